The third kappa shape index (κ3) is 10.5. The van der Waals surface area contributed by atoms with Gasteiger partial charge in [0.1, 0.15) is 85.5 Å². The topological polar surface area (TPSA) is 391 Å². The summed E-state index contributed by atoms with van der Waals surface area (Å²) >= 11 is 0. The third-order valence-corrected chi connectivity index (χ3v) is 21.0. The molecule has 0 aromatic heterocycles. The number of hydrogen-bond acceptors (Lipinski definition) is 24. The first kappa shape index (κ1) is 65.7. The third-order valence-electron chi connectivity index (χ3n) is 21.0. The number of aliphatic carboxylic acids is 1. The average Bonchev–Trinajstić information content (AvgIpc) is 3.50. The van der Waals surface area contributed by atoms with E-state index in [0.29, 0.717) is 37.7 Å². The van der Waals surface area contributed by atoms with Crippen LogP contribution in [0.3, 0.4) is 0 Å². The van der Waals surface area contributed by atoms with E-state index in [0.717, 1.165) is 5.57 Å². The number of carbonyl (C=O) groups is 3. The van der Waals surface area contributed by atoms with Crippen LogP contribution in [-0.2, 0) is 52.3 Å². The molecule has 0 aromatic carbocycles. The van der Waals surface area contributed by atoms with Gasteiger partial charge in [0, 0.05) is 23.3 Å². The average molecular weight is 1150 g/mol. The second-order valence-corrected chi connectivity index (χ2v) is 25.5. The van der Waals surface area contributed by atoms with Crippen LogP contribution >= 0.6 is 0 Å². The zero-order valence-electron chi connectivity index (χ0n) is 47.4. The maximum Gasteiger partial charge on any atom is 1.00 e. The maximum atomic E-state index is 13.4. The van der Waals surface area contributed by atoms with Crippen molar-refractivity contribution in [2.75, 3.05) is 26.4 Å². The first-order valence-corrected chi connectivity index (χ1v) is 27.7. The van der Waals surface area contributed by atoms with Crippen LogP contribution in [0.1, 0.15) is 107 Å². The van der Waals surface area contributed by atoms with Crippen LogP contribution in [0.15, 0.2) is 23.3 Å². The quantitative estimate of drug-likeness (QED) is 0.0254. The van der Waals surface area contributed by atoms with Gasteiger partial charge in [0.15, 0.2) is 18.9 Å². The zero-order chi connectivity index (χ0) is 58.4. The van der Waals surface area contributed by atoms with E-state index in [1.54, 1.807) is 19.9 Å². The number of fused-ring (bicyclic) bond motifs is 7. The fourth-order valence-electron chi connectivity index (χ4n) is 16.2. The molecule has 4 saturated carbocycles. The Morgan fingerprint density at radius 2 is 1.25 bits per heavy atom. The van der Waals surface area contributed by atoms with Gasteiger partial charge in [0.2, 0.25) is 0 Å². The van der Waals surface area contributed by atoms with Crippen LogP contribution in [0.2, 0.25) is 0 Å². The summed E-state index contributed by atoms with van der Waals surface area (Å²) in [6.07, 6.45) is -27.0. The van der Waals surface area contributed by atoms with Crippen molar-refractivity contribution in [2.45, 2.75) is 224 Å². The molecule has 5 aliphatic carbocycles. The summed E-state index contributed by atoms with van der Waals surface area (Å²) in [5.41, 5.74) is -3.84. The molecule has 25 heteroatoms. The molecule has 0 spiro atoms. The number of ether oxygens (including phenoxy) is 8. The number of hydrogen-bond donors (Lipinski definition) is 12. The van der Waals surface area contributed by atoms with Crippen LogP contribution in [0, 0.1) is 50.2 Å². The van der Waals surface area contributed by atoms with Crippen molar-refractivity contribution >= 4 is 17.9 Å². The Labute approximate surface area is 487 Å². The van der Waals surface area contributed by atoms with Gasteiger partial charge < -0.3 is 109 Å². The molecule has 0 amide bonds. The molecule has 0 aromatic rings. The van der Waals surface area contributed by atoms with Crippen molar-refractivity contribution in [2.24, 2.45) is 50.2 Å². The molecule has 8 rings (SSSR count). The van der Waals surface area contributed by atoms with E-state index in [4.69, 9.17) is 37.9 Å². The molecule has 0 unspecified atom stereocenters. The van der Waals surface area contributed by atoms with Crippen molar-refractivity contribution in [3.8, 4) is 0 Å². The summed E-state index contributed by atoms with van der Waals surface area (Å²) in [5, 5.41) is 145. The second kappa shape index (κ2) is 24.1. The molecule has 27 atom stereocenters. The number of carboxylic acids is 1. The van der Waals surface area contributed by atoms with Gasteiger partial charge in [0.05, 0.1) is 50.0 Å². The van der Waals surface area contributed by atoms with Gasteiger partial charge in [-0.05, 0) is 92.8 Å². The summed E-state index contributed by atoms with van der Waals surface area (Å²) in [7, 11) is 0. The van der Waals surface area contributed by atoms with Crippen LogP contribution in [0.4, 0.5) is 0 Å². The normalized spacial score (nSPS) is 50.0. The summed E-state index contributed by atoms with van der Waals surface area (Å²) in [5.74, 6) is -4.16. The Morgan fingerprint density at radius 1 is 0.675 bits per heavy atom. The van der Waals surface area contributed by atoms with Crippen LogP contribution in [0.5, 0.6) is 0 Å². The van der Waals surface area contributed by atoms with Gasteiger partial charge >= 0.3 is 41.5 Å². The number of aliphatic hydroxyl groups excluding tert-OH is 12. The standard InChI is InChI=1S/C55H86O24.Na/c1-10-23(2)46(71)79-43-44(72-24(3)60)55(22-59)26(17-50(43,4)5)25-11-12-30-51(6)15-14-32(52(7,21-58)29(51)13-16-53(30,8)54(25,9)18-31(55)61)75-49-41(77-48-38(67)36(65)34(63)28(20-57)74-48)39(68)40(42(78-49)45(69)70)76-47-37(66)35(64)33(62)27(19-56)73-47;/h10-11,26-44,47-49,56-59,61-68H,12-22H2,1-9H3,(H,69,70);/q;+1/p-1/b23-10+;/t26-,27+,28+,29+,30+,31+,32-,33+,34+,35-,36-,37+,38+,39-,40-,41+,42-,43-,44-,47-,48-,49+,51-,52+,53+,54+,55-;/m0./s1. The number of carbonyl (C=O) groups excluding carboxylic acids is 3. The maximum absolute atomic E-state index is 13.4. The minimum absolute atomic E-state index is 0. The zero-order valence-corrected chi connectivity index (χ0v) is 49.4. The van der Waals surface area contributed by atoms with Crippen molar-refractivity contribution in [1.29, 1.82) is 0 Å². The van der Waals surface area contributed by atoms with E-state index in [9.17, 15) is 80.8 Å². The molecule has 3 aliphatic heterocycles. The van der Waals surface area contributed by atoms with Gasteiger partial charge in [0.25, 0.3) is 0 Å². The molecule has 450 valence electrons. The van der Waals surface area contributed by atoms with Crippen molar-refractivity contribution in [3.63, 3.8) is 0 Å². The molecular formula is C55H85NaO24. The summed E-state index contributed by atoms with van der Waals surface area (Å²) in [6, 6.07) is 0. The van der Waals surface area contributed by atoms with E-state index in [2.05, 4.69) is 26.8 Å². The Bertz CT molecular complexity index is 2300. The van der Waals surface area contributed by atoms with Crippen molar-refractivity contribution < 1.29 is 148 Å². The number of esters is 2. The first-order chi connectivity index (χ1) is 36.9. The summed E-state index contributed by atoms with van der Waals surface area (Å²) in [6.45, 7) is 14.0. The van der Waals surface area contributed by atoms with Crippen molar-refractivity contribution in [3.05, 3.63) is 23.3 Å². The van der Waals surface area contributed by atoms with E-state index >= 15 is 0 Å². The molecule has 3 heterocycles. The molecule has 12 N–H and O–H groups in total. The van der Waals surface area contributed by atoms with E-state index < -0.39 is 199 Å². The monoisotopic (exact) mass is 1150 g/mol. The van der Waals surface area contributed by atoms with Gasteiger partial charge in [-0.1, -0.05) is 59.3 Å². The summed E-state index contributed by atoms with van der Waals surface area (Å²) in [4.78, 5) is 39.4. The minimum Gasteiger partial charge on any atom is -0.547 e. The molecule has 0 bridgehead atoms. The van der Waals surface area contributed by atoms with E-state index in [-0.39, 0.29) is 54.2 Å². The molecular weight excluding hydrogens is 1070 g/mol. The van der Waals surface area contributed by atoms with Gasteiger partial charge in [-0.25, -0.2) is 4.79 Å². The van der Waals surface area contributed by atoms with E-state index in [1.165, 1.54) is 6.92 Å². The molecule has 80 heavy (non-hydrogen) atoms. The Morgan fingerprint density at radius 3 is 1.76 bits per heavy atom. The predicted molar refractivity (Wildman–Crippen MR) is 266 cm³/mol. The largest absolute Gasteiger partial charge is 1.00 e. The smallest absolute Gasteiger partial charge is 0.547 e. The van der Waals surface area contributed by atoms with Crippen LogP contribution in [-0.4, -0.2) is 222 Å². The minimum atomic E-state index is -2.27. The van der Waals surface area contributed by atoms with Crippen LogP contribution < -0.4 is 34.7 Å². The number of aliphatic hydroxyl groups is 12. The number of allylic oxidation sites excluding steroid dienone is 3. The van der Waals surface area contributed by atoms with Crippen molar-refractivity contribution in [1.82, 2.24) is 0 Å². The van der Waals surface area contributed by atoms with E-state index in [1.807, 2.05) is 20.8 Å². The fourth-order valence-corrected chi connectivity index (χ4v) is 16.2. The Balaban J connectivity index is 0.00000924. The van der Waals surface area contributed by atoms with Gasteiger partial charge in [-0.15, -0.1) is 0 Å². The molecule has 8 aliphatic rings. The number of rotatable bonds is 14. The molecule has 7 fully saturated rings. The molecule has 0 radical (unpaired) electrons. The fraction of sp³-hybridized carbons (Fsp3) is 0.873. The predicted octanol–water partition coefficient (Wildman–Crippen LogP) is -5.65. The van der Waals surface area contributed by atoms with Gasteiger partial charge in [-0.2, -0.15) is 0 Å². The molecule has 24 nitrogen and oxygen atoms in total. The Kier molecular flexibility index (Phi) is 19.8. The SMILES string of the molecule is C/C=C(\C)C(=O)O[C@H]1[C@H](OC(C)=O)[C@]2(CO)[C@H](O)C[C@]3(C)C(=CC[C@@H]4[C@@]5(C)CC[C@H](O[C@@H]6O[C@H](C(=O)[O-])[C@@H](O[C@@H]7O[C@H](CO)[C@@H](O)[C@H](O)[C@H]7O)[C@H](O)[C@H]6O[C@@H]6O[C@H](CO)[C@@H](O)[C@H](O)[C@H]6O)[C@](C)(CO)[C@@H]5CC[C@]43C)[C@@H]2CC1(C)C.[Na+]. The number of carboxylic acid groups (broad SMARTS) is 1. The van der Waals surface area contributed by atoms with Gasteiger partial charge in [-0.3, -0.25) is 4.79 Å². The Hall–Kier alpha value is -1.83. The van der Waals surface area contributed by atoms with Crippen LogP contribution in [0.25, 0.3) is 0 Å². The summed E-state index contributed by atoms with van der Waals surface area (Å²) < 4.78 is 48.0. The molecule has 3 saturated heterocycles. The first-order valence-electron chi connectivity index (χ1n) is 27.7. The second-order valence-electron chi connectivity index (χ2n) is 25.5.